The zero-order valence-electron chi connectivity index (χ0n) is 18.8. The van der Waals surface area contributed by atoms with E-state index < -0.39 is 29.9 Å². The Hall–Kier alpha value is -3.52. The van der Waals surface area contributed by atoms with Crippen molar-refractivity contribution in [2.75, 3.05) is 49.1 Å². The van der Waals surface area contributed by atoms with Crippen LogP contribution in [0.25, 0.3) is 0 Å². The molecule has 35 heavy (non-hydrogen) atoms. The molecule has 2 aliphatic rings. The molecule has 0 unspecified atom stereocenters. The van der Waals surface area contributed by atoms with Crippen LogP contribution in [0.3, 0.4) is 0 Å². The number of cyclic esters (lactones) is 1. The van der Waals surface area contributed by atoms with Crippen LogP contribution in [0.5, 0.6) is 0 Å². The molecular weight excluding hydrogens is 486 g/mol. The van der Waals surface area contributed by atoms with Crippen molar-refractivity contribution in [2.45, 2.75) is 19.6 Å². The van der Waals surface area contributed by atoms with Gasteiger partial charge in [0.2, 0.25) is 5.91 Å². The summed E-state index contributed by atoms with van der Waals surface area (Å²) >= 11 is 1.40. The van der Waals surface area contributed by atoms with Gasteiger partial charge in [-0.15, -0.1) is 11.3 Å². The second-order valence-electron chi connectivity index (χ2n) is 7.86. The first kappa shape index (κ1) is 24.6. The van der Waals surface area contributed by atoms with E-state index in [2.05, 4.69) is 15.6 Å². The number of anilines is 2. The molecule has 4 rings (SSSR count). The van der Waals surface area contributed by atoms with Crippen LogP contribution in [0, 0.1) is 11.6 Å². The van der Waals surface area contributed by atoms with Crippen molar-refractivity contribution in [1.82, 2.24) is 20.7 Å². The van der Waals surface area contributed by atoms with Crippen LogP contribution in [-0.2, 0) is 20.9 Å². The lowest BCUT2D eigenvalue weighted by Gasteiger charge is -2.24. The average Bonchev–Trinajstić information content (AvgIpc) is 3.39. The minimum atomic E-state index is -0.860. The number of nitrogens with one attached hydrogen (secondary N) is 2. The summed E-state index contributed by atoms with van der Waals surface area (Å²) in [6.45, 7) is 2.17. The van der Waals surface area contributed by atoms with Crippen molar-refractivity contribution in [3.8, 4) is 0 Å². The van der Waals surface area contributed by atoms with Crippen LogP contribution in [0.1, 0.15) is 11.8 Å². The Morgan fingerprint density at radius 1 is 1.20 bits per heavy atom. The van der Waals surface area contributed by atoms with Gasteiger partial charge in [-0.3, -0.25) is 19.5 Å². The highest BCUT2D eigenvalue weighted by atomic mass is 32.1. The monoisotopic (exact) mass is 510 g/mol. The quantitative estimate of drug-likeness (QED) is 0.609. The number of nitrogens with zero attached hydrogens (tertiary/aromatic N) is 4. The number of hydroxylamine groups is 2. The average molecular weight is 511 g/mol. The van der Waals surface area contributed by atoms with Crippen LogP contribution in [-0.4, -0.2) is 73.5 Å². The van der Waals surface area contributed by atoms with Crippen molar-refractivity contribution >= 4 is 40.7 Å². The molecule has 2 saturated heterocycles. The first-order valence-corrected chi connectivity index (χ1v) is 11.7. The molecule has 0 saturated carbocycles. The van der Waals surface area contributed by atoms with Crippen LogP contribution in [0.4, 0.5) is 29.7 Å². The number of hydrogen-bond acceptors (Lipinski definition) is 8. The molecule has 3 heterocycles. The number of carbonyl (C=O) groups is 3. The van der Waals surface area contributed by atoms with E-state index in [0.29, 0.717) is 6.54 Å². The number of amides is 4. The van der Waals surface area contributed by atoms with Crippen molar-refractivity contribution in [1.29, 1.82) is 0 Å². The van der Waals surface area contributed by atoms with Gasteiger partial charge in [-0.2, -0.15) is 0 Å². The summed E-state index contributed by atoms with van der Waals surface area (Å²) in [6.07, 6.45) is 0.263. The number of carbonyl (C=O) groups excluding carboxylic acids is 3. The van der Waals surface area contributed by atoms with Crippen LogP contribution in [0.15, 0.2) is 23.8 Å². The number of aromatic nitrogens is 1. The minimum absolute atomic E-state index is 0.00854. The fourth-order valence-corrected chi connectivity index (χ4v) is 4.25. The van der Waals surface area contributed by atoms with Gasteiger partial charge < -0.3 is 20.3 Å². The number of benzene rings is 1. The summed E-state index contributed by atoms with van der Waals surface area (Å²) in [5.41, 5.74) is 1.40. The zero-order chi connectivity index (χ0) is 24.9. The van der Waals surface area contributed by atoms with Crippen molar-refractivity contribution in [3.63, 3.8) is 0 Å². The third kappa shape index (κ3) is 5.95. The molecule has 0 aliphatic carbocycles. The second kappa shape index (κ2) is 10.8. The highest BCUT2D eigenvalue weighted by Gasteiger charge is 2.34. The van der Waals surface area contributed by atoms with Crippen LogP contribution in [0.2, 0.25) is 0 Å². The molecule has 1 aromatic heterocycles. The number of hydrogen-bond donors (Lipinski definition) is 2. The molecule has 11 nitrogen and oxygen atoms in total. The van der Waals surface area contributed by atoms with Gasteiger partial charge in [0.05, 0.1) is 44.0 Å². The van der Waals surface area contributed by atoms with E-state index >= 15 is 8.78 Å². The Balaban J connectivity index is 1.39. The first-order valence-electron chi connectivity index (χ1n) is 10.8. The Kier molecular flexibility index (Phi) is 7.60. The minimum Gasteiger partial charge on any atom is -0.442 e. The number of thiazole rings is 1. The number of ether oxygens (including phenoxy) is 1. The van der Waals surface area contributed by atoms with E-state index in [1.54, 1.807) is 11.7 Å². The zero-order valence-corrected chi connectivity index (χ0v) is 19.6. The van der Waals surface area contributed by atoms with Gasteiger partial charge in [0.25, 0.3) is 0 Å². The Labute approximate surface area is 203 Å². The van der Waals surface area contributed by atoms with Crippen molar-refractivity contribution < 1.29 is 32.7 Å². The molecular formula is C21H24F2N6O5S. The van der Waals surface area contributed by atoms with Gasteiger partial charge in [-0.25, -0.2) is 23.4 Å². The summed E-state index contributed by atoms with van der Waals surface area (Å²) in [7, 11) is 0. The normalized spacial score (nSPS) is 18.3. The number of halogens is 2. The SMILES string of the molecule is CC(=O)NC[C@H]1CN(c2cc(F)c(N3CCON(C(=O)NCc4cncs4)CC3)c(F)c2)C(=O)O1. The maximum Gasteiger partial charge on any atom is 0.414 e. The topological polar surface area (TPSA) is 116 Å². The van der Waals surface area contributed by atoms with Crippen LogP contribution >= 0.6 is 11.3 Å². The highest BCUT2D eigenvalue weighted by Crippen LogP contribution is 2.31. The first-order chi connectivity index (χ1) is 16.8. The second-order valence-corrected chi connectivity index (χ2v) is 8.83. The molecule has 0 spiro atoms. The lowest BCUT2D eigenvalue weighted by Crippen LogP contribution is -2.41. The highest BCUT2D eigenvalue weighted by molar-refractivity contribution is 7.09. The summed E-state index contributed by atoms with van der Waals surface area (Å²) in [6, 6.07) is 1.66. The fourth-order valence-electron chi connectivity index (χ4n) is 3.72. The molecule has 14 heteroatoms. The van der Waals surface area contributed by atoms with E-state index in [9.17, 15) is 14.4 Å². The van der Waals surface area contributed by atoms with Gasteiger partial charge >= 0.3 is 12.1 Å². The van der Waals surface area contributed by atoms with Crippen LogP contribution < -0.4 is 20.4 Å². The predicted octanol–water partition coefficient (Wildman–Crippen LogP) is 1.85. The smallest absolute Gasteiger partial charge is 0.414 e. The summed E-state index contributed by atoms with van der Waals surface area (Å²) in [5.74, 6) is -2.00. The molecule has 188 valence electrons. The molecule has 2 aromatic rings. The van der Waals surface area contributed by atoms with E-state index in [-0.39, 0.29) is 56.6 Å². The Morgan fingerprint density at radius 3 is 2.66 bits per heavy atom. The van der Waals surface area contributed by atoms with Gasteiger partial charge in [-0.1, -0.05) is 0 Å². The van der Waals surface area contributed by atoms with Gasteiger partial charge in [0, 0.05) is 43.2 Å². The third-order valence-electron chi connectivity index (χ3n) is 5.39. The van der Waals surface area contributed by atoms with Gasteiger partial charge in [0.15, 0.2) is 11.6 Å². The predicted molar refractivity (Wildman–Crippen MR) is 122 cm³/mol. The van der Waals surface area contributed by atoms with Crippen molar-refractivity contribution in [3.05, 3.63) is 40.4 Å². The fraction of sp³-hybridized carbons (Fsp3) is 0.429. The van der Waals surface area contributed by atoms with Crippen molar-refractivity contribution in [2.24, 2.45) is 0 Å². The molecule has 2 aliphatic heterocycles. The maximum atomic E-state index is 15.0. The number of urea groups is 1. The summed E-state index contributed by atoms with van der Waals surface area (Å²) < 4.78 is 35.2. The molecule has 2 N–H and O–H groups in total. The lowest BCUT2D eigenvalue weighted by atomic mass is 10.2. The summed E-state index contributed by atoms with van der Waals surface area (Å²) in [4.78, 5) is 48.5. The van der Waals surface area contributed by atoms with E-state index in [0.717, 1.165) is 27.0 Å². The van der Waals surface area contributed by atoms with E-state index in [4.69, 9.17) is 9.57 Å². The molecule has 0 bridgehead atoms. The van der Waals surface area contributed by atoms with E-state index in [1.807, 2.05) is 0 Å². The molecule has 4 amide bonds. The molecule has 1 aromatic carbocycles. The molecule has 2 fully saturated rings. The largest absolute Gasteiger partial charge is 0.442 e. The standard InChI is InChI=1S/C21H24F2N6O5S/c1-13(30)25-8-15-11-28(21(32)34-15)14-6-17(22)19(18(23)7-14)27-2-3-29(33-5-4-27)20(31)26-10-16-9-24-12-35-16/h6-7,9,12,15H,2-5,8,10-11H2,1H3,(H,25,30)(H,26,31)/t15-/m0/s1. The lowest BCUT2D eigenvalue weighted by molar-refractivity contribution is -0.119. The summed E-state index contributed by atoms with van der Waals surface area (Å²) in [5, 5.41) is 6.38. The van der Waals surface area contributed by atoms with Gasteiger partial charge in [-0.05, 0) is 0 Å². The Morgan fingerprint density at radius 2 is 1.97 bits per heavy atom. The number of rotatable bonds is 6. The maximum absolute atomic E-state index is 15.0. The van der Waals surface area contributed by atoms with Gasteiger partial charge in [0.1, 0.15) is 11.8 Å². The molecule has 0 radical (unpaired) electrons. The molecule has 1 atom stereocenters. The third-order valence-corrected chi connectivity index (χ3v) is 6.17. The Bertz CT molecular complexity index is 1070. The van der Waals surface area contributed by atoms with E-state index in [1.165, 1.54) is 23.2 Å².